The fourth-order valence-electron chi connectivity index (χ4n) is 4.30. The molecule has 0 amide bonds. The van der Waals surface area contributed by atoms with E-state index in [1.54, 1.807) is 12.1 Å². The lowest BCUT2D eigenvalue weighted by atomic mass is 9.87. The molecule has 2 aromatic rings. The number of hydrogen-bond donors (Lipinski definition) is 1. The van der Waals surface area contributed by atoms with Gasteiger partial charge in [0.25, 0.3) is 0 Å². The maximum Gasteiger partial charge on any atom is 0.240 e. The van der Waals surface area contributed by atoms with Crippen LogP contribution in [0.1, 0.15) is 44.2 Å². The molecule has 0 radical (unpaired) electrons. The molecule has 1 fully saturated rings. The molecule has 164 valence electrons. The van der Waals surface area contributed by atoms with Crippen molar-refractivity contribution >= 4 is 10.0 Å². The monoisotopic (exact) mass is 430 g/mol. The molecule has 5 nitrogen and oxygen atoms in total. The molecular formula is C24H34N2O3S. The number of benzene rings is 2. The zero-order valence-corrected chi connectivity index (χ0v) is 19.1. The van der Waals surface area contributed by atoms with Crippen molar-refractivity contribution in [1.29, 1.82) is 0 Å². The zero-order chi connectivity index (χ0) is 21.6. The van der Waals surface area contributed by atoms with E-state index in [-0.39, 0.29) is 18.2 Å². The number of rotatable bonds is 9. The molecule has 1 aliphatic rings. The topological polar surface area (TPSA) is 58.6 Å². The molecule has 0 aliphatic heterocycles. The predicted octanol–water partition coefficient (Wildman–Crippen LogP) is 4.12. The average molecular weight is 431 g/mol. The highest BCUT2D eigenvalue weighted by Crippen LogP contribution is 2.28. The Bertz CT molecular complexity index is 880. The second-order valence-electron chi connectivity index (χ2n) is 8.06. The fraction of sp³-hybridized carbons (Fsp3) is 0.500. The van der Waals surface area contributed by atoms with Gasteiger partial charge in [0, 0.05) is 12.1 Å². The Labute approximate surface area is 181 Å². The van der Waals surface area contributed by atoms with E-state index in [9.17, 15) is 8.42 Å². The molecule has 1 N–H and O–H groups in total. The zero-order valence-electron chi connectivity index (χ0n) is 18.3. The first-order valence-corrected chi connectivity index (χ1v) is 12.4. The minimum Gasteiger partial charge on any atom is -0.373 e. The minimum absolute atomic E-state index is 0.0442. The Morgan fingerprint density at radius 2 is 1.67 bits per heavy atom. The number of nitrogens with one attached hydrogen (secondary N) is 1. The fourth-order valence-corrected chi connectivity index (χ4v) is 5.58. The van der Waals surface area contributed by atoms with E-state index in [0.717, 1.165) is 37.1 Å². The lowest BCUT2D eigenvalue weighted by Gasteiger charge is -2.42. The van der Waals surface area contributed by atoms with Crippen molar-refractivity contribution in [2.75, 3.05) is 13.1 Å². The average Bonchev–Trinajstić information content (AvgIpc) is 2.75. The minimum atomic E-state index is -3.58. The van der Waals surface area contributed by atoms with Crippen LogP contribution < -0.4 is 4.72 Å². The smallest absolute Gasteiger partial charge is 0.240 e. The van der Waals surface area contributed by atoms with Crippen molar-refractivity contribution in [3.63, 3.8) is 0 Å². The van der Waals surface area contributed by atoms with Crippen LogP contribution >= 0.6 is 0 Å². The third kappa shape index (κ3) is 5.91. The molecule has 0 saturated heterocycles. The Hall–Kier alpha value is -1.73. The summed E-state index contributed by atoms with van der Waals surface area (Å²) in [5.41, 5.74) is 2.18. The SMILES string of the molecule is CCN(CC)[C@@H]1CC[C@H](OCc2ccccc2)C[C@H]1NS(=O)(=O)c1ccc(C)cc1. The van der Waals surface area contributed by atoms with Gasteiger partial charge in [-0.3, -0.25) is 4.90 Å². The lowest BCUT2D eigenvalue weighted by molar-refractivity contribution is -0.0112. The van der Waals surface area contributed by atoms with Crippen LogP contribution in [-0.4, -0.2) is 44.6 Å². The van der Waals surface area contributed by atoms with Gasteiger partial charge in [0.2, 0.25) is 10.0 Å². The Balaban J connectivity index is 1.73. The van der Waals surface area contributed by atoms with Crippen LogP contribution in [0.15, 0.2) is 59.5 Å². The molecule has 6 heteroatoms. The summed E-state index contributed by atoms with van der Waals surface area (Å²) in [7, 11) is -3.58. The van der Waals surface area contributed by atoms with E-state index >= 15 is 0 Å². The van der Waals surface area contributed by atoms with E-state index in [1.165, 1.54) is 0 Å². The quantitative estimate of drug-likeness (QED) is 0.650. The highest BCUT2D eigenvalue weighted by atomic mass is 32.2. The molecule has 0 heterocycles. The summed E-state index contributed by atoms with van der Waals surface area (Å²) in [6, 6.07) is 17.1. The molecule has 0 unspecified atom stereocenters. The van der Waals surface area contributed by atoms with Gasteiger partial charge in [-0.2, -0.15) is 0 Å². The van der Waals surface area contributed by atoms with Crippen molar-refractivity contribution in [1.82, 2.24) is 9.62 Å². The number of sulfonamides is 1. The van der Waals surface area contributed by atoms with Gasteiger partial charge >= 0.3 is 0 Å². The molecular weight excluding hydrogens is 396 g/mol. The van der Waals surface area contributed by atoms with Gasteiger partial charge in [-0.1, -0.05) is 61.9 Å². The van der Waals surface area contributed by atoms with Gasteiger partial charge in [0.15, 0.2) is 0 Å². The Kier molecular flexibility index (Phi) is 8.06. The van der Waals surface area contributed by atoms with E-state index in [0.29, 0.717) is 17.9 Å². The molecule has 1 saturated carbocycles. The molecule has 1 aliphatic carbocycles. The molecule has 0 spiro atoms. The van der Waals surface area contributed by atoms with Crippen molar-refractivity contribution < 1.29 is 13.2 Å². The van der Waals surface area contributed by atoms with Crippen molar-refractivity contribution in [2.45, 2.75) is 69.7 Å². The van der Waals surface area contributed by atoms with Crippen molar-refractivity contribution in [2.24, 2.45) is 0 Å². The molecule has 2 aromatic carbocycles. The summed E-state index contributed by atoms with van der Waals surface area (Å²) in [5.74, 6) is 0. The van der Waals surface area contributed by atoms with E-state index in [1.807, 2.05) is 37.3 Å². The van der Waals surface area contributed by atoms with Crippen LogP contribution in [0.25, 0.3) is 0 Å². The Morgan fingerprint density at radius 1 is 1.00 bits per heavy atom. The normalized spacial score (nSPS) is 22.3. The third-order valence-electron chi connectivity index (χ3n) is 6.01. The van der Waals surface area contributed by atoms with Crippen molar-refractivity contribution in [3.05, 3.63) is 65.7 Å². The van der Waals surface area contributed by atoms with Crippen LogP contribution in [0, 0.1) is 6.92 Å². The van der Waals surface area contributed by atoms with Gasteiger partial charge in [-0.15, -0.1) is 0 Å². The summed E-state index contributed by atoms with van der Waals surface area (Å²) in [6.07, 6.45) is 2.58. The largest absolute Gasteiger partial charge is 0.373 e. The first-order chi connectivity index (χ1) is 14.4. The van der Waals surface area contributed by atoms with Gasteiger partial charge in [-0.05, 0) is 57.0 Å². The highest BCUT2D eigenvalue weighted by molar-refractivity contribution is 7.89. The van der Waals surface area contributed by atoms with Crippen LogP contribution in [0.4, 0.5) is 0 Å². The van der Waals surface area contributed by atoms with Gasteiger partial charge < -0.3 is 4.74 Å². The number of ether oxygens (including phenoxy) is 1. The third-order valence-corrected chi connectivity index (χ3v) is 7.52. The molecule has 0 bridgehead atoms. The predicted molar refractivity (Wildman–Crippen MR) is 121 cm³/mol. The van der Waals surface area contributed by atoms with Crippen LogP contribution in [-0.2, 0) is 21.4 Å². The second-order valence-corrected chi connectivity index (χ2v) is 9.78. The summed E-state index contributed by atoms with van der Waals surface area (Å²) >= 11 is 0. The summed E-state index contributed by atoms with van der Waals surface area (Å²) in [4.78, 5) is 2.68. The highest BCUT2D eigenvalue weighted by Gasteiger charge is 2.36. The molecule has 3 atom stereocenters. The molecule has 0 aromatic heterocycles. The van der Waals surface area contributed by atoms with E-state index in [4.69, 9.17) is 4.74 Å². The standard InChI is InChI=1S/C24H34N2O3S/c1-4-26(5-2)24-16-13-21(29-18-20-9-7-6-8-10-20)17-23(24)25-30(27,28)22-14-11-19(3)12-15-22/h6-12,14-15,21,23-25H,4-5,13,16-18H2,1-3H3/t21-,23+,24+/m0/s1. The summed E-state index contributed by atoms with van der Waals surface area (Å²) in [6.45, 7) is 8.58. The summed E-state index contributed by atoms with van der Waals surface area (Å²) in [5, 5.41) is 0. The first-order valence-electron chi connectivity index (χ1n) is 10.9. The Morgan fingerprint density at radius 3 is 2.30 bits per heavy atom. The van der Waals surface area contributed by atoms with Gasteiger partial charge in [0.1, 0.15) is 0 Å². The van der Waals surface area contributed by atoms with Crippen LogP contribution in [0.3, 0.4) is 0 Å². The second kappa shape index (κ2) is 10.5. The summed E-state index contributed by atoms with van der Waals surface area (Å²) < 4.78 is 35.3. The van der Waals surface area contributed by atoms with Crippen LogP contribution in [0.2, 0.25) is 0 Å². The number of aryl methyl sites for hydroxylation is 1. The van der Waals surface area contributed by atoms with E-state index in [2.05, 4.69) is 35.6 Å². The van der Waals surface area contributed by atoms with Gasteiger partial charge in [0.05, 0.1) is 17.6 Å². The lowest BCUT2D eigenvalue weighted by Crippen LogP contribution is -2.55. The van der Waals surface area contributed by atoms with Crippen molar-refractivity contribution in [3.8, 4) is 0 Å². The maximum atomic E-state index is 13.1. The van der Waals surface area contributed by atoms with Crippen LogP contribution in [0.5, 0.6) is 0 Å². The molecule has 30 heavy (non-hydrogen) atoms. The van der Waals surface area contributed by atoms with Gasteiger partial charge in [-0.25, -0.2) is 13.1 Å². The molecule has 3 rings (SSSR count). The first kappa shape index (κ1) is 22.9. The maximum absolute atomic E-state index is 13.1. The number of nitrogens with zero attached hydrogens (tertiary/aromatic N) is 1. The van der Waals surface area contributed by atoms with E-state index < -0.39 is 10.0 Å². The number of hydrogen-bond acceptors (Lipinski definition) is 4. The number of likely N-dealkylation sites (N-methyl/N-ethyl adjacent to an activating group) is 1.